The number of carbonyl (C=O) groups is 1. The van der Waals surface area contributed by atoms with E-state index < -0.39 is 11.8 Å². The Bertz CT molecular complexity index is 1310. The third kappa shape index (κ3) is 2.80. The van der Waals surface area contributed by atoms with Gasteiger partial charge in [-0.2, -0.15) is 0 Å². The maximum absolute atomic E-state index is 13.7. The molecular formula is C25H17FNO2-. The third-order valence-electron chi connectivity index (χ3n) is 5.71. The van der Waals surface area contributed by atoms with Gasteiger partial charge >= 0.3 is 0 Å². The van der Waals surface area contributed by atoms with Crippen molar-refractivity contribution in [2.75, 3.05) is 0 Å². The molecule has 0 atom stereocenters. The van der Waals surface area contributed by atoms with Crippen LogP contribution in [-0.4, -0.2) is 11.0 Å². The summed E-state index contributed by atoms with van der Waals surface area (Å²) in [6.45, 7) is 2.09. The van der Waals surface area contributed by atoms with Crippen LogP contribution in [0.25, 0.3) is 33.3 Å². The summed E-state index contributed by atoms with van der Waals surface area (Å²) in [6.07, 6.45) is 1.23. The Hall–Kier alpha value is -3.53. The van der Waals surface area contributed by atoms with Crippen molar-refractivity contribution < 1.29 is 14.3 Å². The maximum Gasteiger partial charge on any atom is 0.123 e. The predicted molar refractivity (Wildman–Crippen MR) is 109 cm³/mol. The summed E-state index contributed by atoms with van der Waals surface area (Å²) >= 11 is 0. The first-order chi connectivity index (χ1) is 14.0. The van der Waals surface area contributed by atoms with E-state index in [2.05, 4.69) is 25.1 Å². The molecule has 5 rings (SSSR count). The lowest BCUT2D eigenvalue weighted by molar-refractivity contribution is -0.254. The zero-order chi connectivity index (χ0) is 20.1. The molecule has 0 unspecified atom stereocenters. The number of aryl methyl sites for hydroxylation is 2. The average molecular weight is 382 g/mol. The van der Waals surface area contributed by atoms with Crippen molar-refractivity contribution in [1.29, 1.82) is 0 Å². The summed E-state index contributed by atoms with van der Waals surface area (Å²) in [7, 11) is 0. The number of hydrogen-bond donors (Lipinski definition) is 0. The van der Waals surface area contributed by atoms with Crippen LogP contribution in [0.2, 0.25) is 0 Å². The Morgan fingerprint density at radius 3 is 2.62 bits per heavy atom. The molecular weight excluding hydrogens is 365 g/mol. The van der Waals surface area contributed by atoms with Crippen LogP contribution in [0.1, 0.15) is 27.0 Å². The summed E-state index contributed by atoms with van der Waals surface area (Å²) in [5, 5.41) is 12.2. The fraction of sp³-hybridized carbons (Fsp3) is 0.120. The Kier molecular flexibility index (Phi) is 3.95. The predicted octanol–water partition coefficient (Wildman–Crippen LogP) is 4.48. The number of pyridine rings is 1. The Morgan fingerprint density at radius 1 is 1.00 bits per heavy atom. The number of aromatic nitrogens is 1. The van der Waals surface area contributed by atoms with Gasteiger partial charge < -0.3 is 9.90 Å². The number of halogens is 1. The second kappa shape index (κ2) is 6.52. The molecule has 1 heterocycles. The number of carbonyl (C=O) groups excluding carboxylic acids is 1. The molecule has 3 nitrogen and oxygen atoms in total. The van der Waals surface area contributed by atoms with Gasteiger partial charge in [-0.05, 0) is 65.8 Å². The summed E-state index contributed by atoms with van der Waals surface area (Å²) in [5.41, 5.74) is 7.37. The highest BCUT2D eigenvalue weighted by atomic mass is 19.1. The fourth-order valence-electron chi connectivity index (χ4n) is 4.33. The van der Waals surface area contributed by atoms with Crippen molar-refractivity contribution in [3.63, 3.8) is 0 Å². The van der Waals surface area contributed by atoms with Gasteiger partial charge in [0.15, 0.2) is 0 Å². The van der Waals surface area contributed by atoms with Crippen LogP contribution in [-0.2, 0) is 12.8 Å². The molecule has 0 fully saturated rings. The minimum atomic E-state index is -1.29. The monoisotopic (exact) mass is 382 g/mol. The number of rotatable bonds is 2. The van der Waals surface area contributed by atoms with Gasteiger partial charge in [-0.1, -0.05) is 42.5 Å². The van der Waals surface area contributed by atoms with E-state index >= 15 is 0 Å². The number of carboxylic acid groups (broad SMARTS) is 1. The smallest absolute Gasteiger partial charge is 0.123 e. The van der Waals surface area contributed by atoms with E-state index in [9.17, 15) is 14.3 Å². The van der Waals surface area contributed by atoms with Crippen LogP contribution >= 0.6 is 0 Å². The SMILES string of the molecule is Cc1ccccc1-c1ccc2c(c1)CCc1c-2nc2ccc(F)cc2c1C(=O)[O-]. The largest absolute Gasteiger partial charge is 0.545 e. The Balaban J connectivity index is 1.74. The van der Waals surface area contributed by atoms with E-state index in [1.54, 1.807) is 0 Å². The zero-order valence-electron chi connectivity index (χ0n) is 15.8. The number of nitrogens with zero attached hydrogens (tertiary/aromatic N) is 1. The fourth-order valence-corrected chi connectivity index (χ4v) is 4.33. The summed E-state index contributed by atoms with van der Waals surface area (Å²) < 4.78 is 13.7. The van der Waals surface area contributed by atoms with E-state index in [1.807, 2.05) is 24.3 Å². The van der Waals surface area contributed by atoms with Crippen LogP contribution in [0.15, 0.2) is 60.7 Å². The van der Waals surface area contributed by atoms with Gasteiger partial charge in [0.2, 0.25) is 0 Å². The summed E-state index contributed by atoms with van der Waals surface area (Å²) in [5.74, 6) is -1.78. The highest BCUT2D eigenvalue weighted by Crippen LogP contribution is 2.39. The topological polar surface area (TPSA) is 53.0 Å². The van der Waals surface area contributed by atoms with Gasteiger partial charge in [-0.3, -0.25) is 0 Å². The third-order valence-corrected chi connectivity index (χ3v) is 5.71. The van der Waals surface area contributed by atoms with Crippen molar-refractivity contribution in [3.05, 3.63) is 88.7 Å². The highest BCUT2D eigenvalue weighted by molar-refractivity contribution is 6.05. The molecule has 0 radical (unpaired) electrons. The van der Waals surface area contributed by atoms with Crippen LogP contribution < -0.4 is 5.11 Å². The lowest BCUT2D eigenvalue weighted by Crippen LogP contribution is -2.26. The quantitative estimate of drug-likeness (QED) is 0.514. The zero-order valence-corrected chi connectivity index (χ0v) is 15.8. The number of fused-ring (bicyclic) bond motifs is 4. The van der Waals surface area contributed by atoms with Crippen LogP contribution in [0.3, 0.4) is 0 Å². The Labute approximate surface area is 167 Å². The van der Waals surface area contributed by atoms with Crippen molar-refractivity contribution in [3.8, 4) is 22.4 Å². The molecule has 0 saturated carbocycles. The molecule has 0 N–H and O–H groups in total. The summed E-state index contributed by atoms with van der Waals surface area (Å²) in [6, 6.07) is 18.5. The van der Waals surface area contributed by atoms with Crippen LogP contribution in [0.5, 0.6) is 0 Å². The lowest BCUT2D eigenvalue weighted by atomic mass is 9.83. The van der Waals surface area contributed by atoms with E-state index in [0.29, 0.717) is 35.0 Å². The molecule has 1 aromatic heterocycles. The second-order valence-electron chi connectivity index (χ2n) is 7.45. The molecule has 0 spiro atoms. The summed E-state index contributed by atoms with van der Waals surface area (Å²) in [4.78, 5) is 16.6. The first-order valence-corrected chi connectivity index (χ1v) is 9.55. The van der Waals surface area contributed by atoms with Gasteiger partial charge in [0.1, 0.15) is 5.82 Å². The first-order valence-electron chi connectivity index (χ1n) is 9.55. The molecule has 4 aromatic rings. The van der Waals surface area contributed by atoms with Crippen molar-refractivity contribution >= 4 is 16.9 Å². The molecule has 0 aliphatic heterocycles. The minimum Gasteiger partial charge on any atom is -0.545 e. The highest BCUT2D eigenvalue weighted by Gasteiger charge is 2.23. The first kappa shape index (κ1) is 17.6. The molecule has 29 heavy (non-hydrogen) atoms. The van der Waals surface area contributed by atoms with Gasteiger partial charge in [-0.25, -0.2) is 9.37 Å². The number of hydrogen-bond acceptors (Lipinski definition) is 3. The molecule has 4 heteroatoms. The van der Waals surface area contributed by atoms with E-state index in [1.165, 1.54) is 29.3 Å². The lowest BCUT2D eigenvalue weighted by Gasteiger charge is -2.24. The molecule has 1 aliphatic carbocycles. The van der Waals surface area contributed by atoms with Gasteiger partial charge in [-0.15, -0.1) is 0 Å². The molecule has 1 aliphatic rings. The molecule has 0 amide bonds. The van der Waals surface area contributed by atoms with E-state index in [-0.39, 0.29) is 5.56 Å². The number of carboxylic acids is 1. The second-order valence-corrected chi connectivity index (χ2v) is 7.45. The number of benzene rings is 3. The van der Waals surface area contributed by atoms with E-state index in [4.69, 9.17) is 4.98 Å². The van der Waals surface area contributed by atoms with Crippen molar-refractivity contribution in [1.82, 2.24) is 4.98 Å². The van der Waals surface area contributed by atoms with Gasteiger partial charge in [0.05, 0.1) is 17.2 Å². The van der Waals surface area contributed by atoms with Gasteiger partial charge in [0.25, 0.3) is 0 Å². The maximum atomic E-state index is 13.7. The molecule has 3 aromatic carbocycles. The van der Waals surface area contributed by atoms with Crippen LogP contribution in [0, 0.1) is 12.7 Å². The minimum absolute atomic E-state index is 0.0538. The van der Waals surface area contributed by atoms with E-state index in [0.717, 1.165) is 16.7 Å². The standard InChI is InChI=1S/C25H18FNO2/c1-14-4-2-3-5-18(14)15-6-9-19-16(12-15)7-10-20-23(25(28)29)21-13-17(26)8-11-22(21)27-24(19)20/h2-6,8-9,11-13H,7,10H2,1H3,(H,28,29)/p-1. The van der Waals surface area contributed by atoms with Crippen molar-refractivity contribution in [2.45, 2.75) is 19.8 Å². The molecule has 142 valence electrons. The van der Waals surface area contributed by atoms with Gasteiger partial charge in [0, 0.05) is 16.5 Å². The normalized spacial score (nSPS) is 12.5. The number of aromatic carboxylic acids is 1. The molecule has 0 bridgehead atoms. The van der Waals surface area contributed by atoms with Crippen LogP contribution in [0.4, 0.5) is 4.39 Å². The molecule has 0 saturated heterocycles. The van der Waals surface area contributed by atoms with Crippen molar-refractivity contribution in [2.24, 2.45) is 0 Å². The average Bonchev–Trinajstić information content (AvgIpc) is 2.71. The Morgan fingerprint density at radius 2 is 1.83 bits per heavy atom.